The number of likely N-dealkylation sites (tertiary alicyclic amines) is 1. The fourth-order valence-electron chi connectivity index (χ4n) is 4.00. The Morgan fingerprint density at radius 1 is 1.26 bits per heavy atom. The maximum atomic E-state index is 12.1. The number of fused-ring (bicyclic) bond motifs is 2. The van der Waals surface area contributed by atoms with Gasteiger partial charge in [-0.15, -0.1) is 0 Å². The lowest BCUT2D eigenvalue weighted by Gasteiger charge is -2.40. The van der Waals surface area contributed by atoms with Gasteiger partial charge in [0.15, 0.2) is 0 Å². The number of nitrogens with two attached hydrogens (primary N) is 1. The molecule has 0 atom stereocenters. The first kappa shape index (κ1) is 16.7. The van der Waals surface area contributed by atoms with Crippen molar-refractivity contribution >= 4 is 17.9 Å². The van der Waals surface area contributed by atoms with E-state index in [-0.39, 0.29) is 11.3 Å². The van der Waals surface area contributed by atoms with Crippen LogP contribution in [0.3, 0.4) is 0 Å². The molecule has 3 rings (SSSR count). The first-order valence-electron chi connectivity index (χ1n) is 8.56. The lowest BCUT2D eigenvalue weighted by atomic mass is 9.73. The molecule has 0 aromatic carbocycles. The van der Waals surface area contributed by atoms with Crippen LogP contribution in [0.4, 0.5) is 0 Å². The highest BCUT2D eigenvalue weighted by Gasteiger charge is 2.47. The third-order valence-corrected chi connectivity index (χ3v) is 6.05. The maximum absolute atomic E-state index is 12.1. The highest BCUT2D eigenvalue weighted by atomic mass is 32.2. The lowest BCUT2D eigenvalue weighted by Crippen LogP contribution is -2.45. The van der Waals surface area contributed by atoms with Gasteiger partial charge in [-0.25, -0.2) is 0 Å². The average molecular weight is 334 g/mol. The van der Waals surface area contributed by atoms with Crippen molar-refractivity contribution in [3.05, 3.63) is 35.6 Å². The maximum Gasteiger partial charge on any atom is 0.223 e. The van der Waals surface area contributed by atoms with E-state index in [1.54, 1.807) is 0 Å². The minimum absolute atomic E-state index is 0.215. The number of hydrogen-bond donors (Lipinski definition) is 1. The van der Waals surface area contributed by atoms with Crippen molar-refractivity contribution in [2.45, 2.75) is 32.1 Å². The van der Waals surface area contributed by atoms with Crippen LogP contribution in [0.2, 0.25) is 0 Å². The van der Waals surface area contributed by atoms with Crippen LogP contribution in [-0.4, -0.2) is 47.5 Å². The molecule has 2 N–H and O–H groups in total. The molecule has 23 heavy (non-hydrogen) atoms. The first-order valence-corrected chi connectivity index (χ1v) is 9.74. The summed E-state index contributed by atoms with van der Waals surface area (Å²) in [4.78, 5) is 14.1. The van der Waals surface area contributed by atoms with Gasteiger partial charge in [0.05, 0.1) is 0 Å². The van der Waals surface area contributed by atoms with Gasteiger partial charge in [0.1, 0.15) is 0 Å². The van der Waals surface area contributed by atoms with E-state index in [0.717, 1.165) is 45.3 Å². The van der Waals surface area contributed by atoms with Crippen molar-refractivity contribution in [3.8, 4) is 0 Å². The molecule has 2 aliphatic heterocycles. The fraction of sp³-hybridized carbons (Fsp3) is 0.611. The van der Waals surface area contributed by atoms with Crippen LogP contribution in [0.25, 0.3) is 0 Å². The summed E-state index contributed by atoms with van der Waals surface area (Å²) in [5.41, 5.74) is 8.67. The van der Waals surface area contributed by atoms with E-state index < -0.39 is 0 Å². The summed E-state index contributed by atoms with van der Waals surface area (Å²) >= 11 is 1.82. The number of nitrogens with zero attached hydrogens (tertiary/aromatic N) is 2. The Kier molecular flexibility index (Phi) is 5.17. The molecule has 0 aromatic rings. The molecule has 2 fully saturated rings. The number of piperidine rings is 1. The summed E-state index contributed by atoms with van der Waals surface area (Å²) in [6.45, 7) is 3.25. The number of hydrogen-bond acceptors (Lipinski definition) is 4. The van der Waals surface area contributed by atoms with Crippen molar-refractivity contribution in [2.75, 3.05) is 32.4 Å². The Morgan fingerprint density at radius 2 is 1.96 bits per heavy atom. The number of rotatable bonds is 3. The van der Waals surface area contributed by atoms with Crippen LogP contribution in [0.15, 0.2) is 35.6 Å². The Morgan fingerprint density at radius 3 is 2.61 bits per heavy atom. The summed E-state index contributed by atoms with van der Waals surface area (Å²) in [6, 6.07) is 0. The van der Waals surface area contributed by atoms with Crippen LogP contribution in [-0.2, 0) is 4.79 Å². The van der Waals surface area contributed by atoms with E-state index in [4.69, 9.17) is 5.73 Å². The Hall–Kier alpha value is -1.20. The van der Waals surface area contributed by atoms with E-state index in [1.165, 1.54) is 11.3 Å². The van der Waals surface area contributed by atoms with Crippen LogP contribution in [0.5, 0.6) is 0 Å². The van der Waals surface area contributed by atoms with Crippen molar-refractivity contribution < 1.29 is 4.79 Å². The van der Waals surface area contributed by atoms with Gasteiger partial charge in [-0.3, -0.25) is 4.79 Å². The van der Waals surface area contributed by atoms with Gasteiger partial charge in [-0.05, 0) is 31.3 Å². The molecule has 0 unspecified atom stereocenters. The van der Waals surface area contributed by atoms with E-state index in [9.17, 15) is 4.79 Å². The highest BCUT2D eigenvalue weighted by Crippen LogP contribution is 2.51. The molecule has 2 heterocycles. The molecular weight excluding hydrogens is 306 g/mol. The second-order valence-electron chi connectivity index (χ2n) is 6.57. The minimum atomic E-state index is 0.215. The summed E-state index contributed by atoms with van der Waals surface area (Å²) < 4.78 is 2.45. The van der Waals surface area contributed by atoms with E-state index >= 15 is 0 Å². The Labute approximate surface area is 143 Å². The molecule has 0 saturated carbocycles. The van der Waals surface area contributed by atoms with Crippen molar-refractivity contribution in [1.29, 1.82) is 0 Å². The lowest BCUT2D eigenvalue weighted by molar-refractivity contribution is -0.132. The number of allylic oxidation sites excluding steroid dienone is 5. The van der Waals surface area contributed by atoms with Crippen molar-refractivity contribution in [3.63, 3.8) is 0 Å². The molecule has 1 aliphatic carbocycles. The fourth-order valence-corrected chi connectivity index (χ4v) is 4.74. The third kappa shape index (κ3) is 3.22. The Balaban J connectivity index is 1.80. The smallest absolute Gasteiger partial charge is 0.223 e. The number of amides is 1. The molecule has 0 radical (unpaired) electrons. The van der Waals surface area contributed by atoms with E-state index in [1.807, 2.05) is 16.8 Å². The molecule has 3 aliphatic rings. The number of carbonyl (C=O) groups excluding carboxylic acids is 1. The van der Waals surface area contributed by atoms with Crippen LogP contribution in [0, 0.1) is 5.41 Å². The van der Waals surface area contributed by atoms with Gasteiger partial charge in [0, 0.05) is 50.0 Å². The zero-order chi connectivity index (χ0) is 16.3. The third-order valence-electron chi connectivity index (χ3n) is 5.29. The molecule has 1 amide bonds. The van der Waals surface area contributed by atoms with Crippen LogP contribution in [0.1, 0.15) is 32.1 Å². The summed E-state index contributed by atoms with van der Waals surface area (Å²) in [5, 5.41) is 0. The predicted molar refractivity (Wildman–Crippen MR) is 96.7 cm³/mol. The van der Waals surface area contributed by atoms with Gasteiger partial charge in [0.25, 0.3) is 0 Å². The molecule has 1 spiro atoms. The predicted octanol–water partition coefficient (Wildman–Crippen LogP) is 2.70. The van der Waals surface area contributed by atoms with Gasteiger partial charge in [-0.2, -0.15) is 0 Å². The summed E-state index contributed by atoms with van der Waals surface area (Å²) in [7, 11) is 0. The van der Waals surface area contributed by atoms with E-state index in [2.05, 4.69) is 34.9 Å². The van der Waals surface area contributed by atoms with Crippen LogP contribution >= 0.6 is 11.9 Å². The van der Waals surface area contributed by atoms with Gasteiger partial charge in [0.2, 0.25) is 5.91 Å². The van der Waals surface area contributed by atoms with Gasteiger partial charge < -0.3 is 14.9 Å². The molecule has 5 heteroatoms. The largest absolute Gasteiger partial charge is 0.343 e. The number of carbonyl (C=O) groups is 1. The van der Waals surface area contributed by atoms with Gasteiger partial charge in [-0.1, -0.05) is 36.3 Å². The molecule has 0 bridgehead atoms. The second-order valence-corrected chi connectivity index (χ2v) is 7.37. The monoisotopic (exact) mass is 333 g/mol. The van der Waals surface area contributed by atoms with Crippen LogP contribution < -0.4 is 5.73 Å². The quantitative estimate of drug-likeness (QED) is 0.637. The molecular formula is C18H27N3OS. The van der Waals surface area contributed by atoms with Crippen molar-refractivity contribution in [2.24, 2.45) is 11.1 Å². The zero-order valence-corrected chi connectivity index (χ0v) is 14.8. The van der Waals surface area contributed by atoms with Gasteiger partial charge >= 0.3 is 0 Å². The van der Waals surface area contributed by atoms with Crippen molar-refractivity contribution in [1.82, 2.24) is 9.21 Å². The average Bonchev–Trinajstić information content (AvgIpc) is 2.80. The molecule has 4 nitrogen and oxygen atoms in total. The summed E-state index contributed by atoms with van der Waals surface area (Å²) in [5.74, 6) is 0.215. The SMILES string of the molecule is CSN1CC2(CCN(C(=O)CCN)CC2)C2=C/CC=CC/C=C\21. The normalized spacial score (nSPS) is 27.7. The Bertz CT molecular complexity index is 544. The second kappa shape index (κ2) is 7.14. The topological polar surface area (TPSA) is 49.6 Å². The first-order chi connectivity index (χ1) is 11.2. The summed E-state index contributed by atoms with van der Waals surface area (Å²) in [6.07, 6.45) is 16.1. The highest BCUT2D eigenvalue weighted by molar-refractivity contribution is 7.96. The molecule has 2 saturated heterocycles. The van der Waals surface area contributed by atoms with E-state index in [0.29, 0.717) is 13.0 Å². The zero-order valence-electron chi connectivity index (χ0n) is 14.0. The minimum Gasteiger partial charge on any atom is -0.343 e. The standard InChI is InChI=1S/C18H27N3OS/c1-23-21-14-18(15-6-4-2-3-5-7-16(15)21)9-12-20(13-10-18)17(22)8-11-19/h2-3,6-7H,4-5,8-14,19H2,1H3/b3-2?,15-6+,16-7+. The molecule has 0 aromatic heterocycles. The molecule has 126 valence electrons.